The second-order valence-electron chi connectivity index (χ2n) is 7.09. The summed E-state index contributed by atoms with van der Waals surface area (Å²) in [4.78, 5) is 0. The first-order valence-electron chi connectivity index (χ1n) is 9.26. The summed E-state index contributed by atoms with van der Waals surface area (Å²) in [5, 5.41) is 15.4. The van der Waals surface area contributed by atoms with Gasteiger partial charge in [-0.15, -0.1) is 0 Å². The van der Waals surface area contributed by atoms with Crippen LogP contribution in [0.1, 0.15) is 62.7 Å². The molecule has 1 saturated heterocycles. The van der Waals surface area contributed by atoms with Crippen LogP contribution in [0.5, 0.6) is 0 Å². The number of hydrogen-bond acceptors (Lipinski definition) is 2. The van der Waals surface area contributed by atoms with Gasteiger partial charge in [0.1, 0.15) is 0 Å². The molecule has 3 rings (SSSR count). The maximum Gasteiger partial charge on any atom is 0.0711 e. The summed E-state index contributed by atoms with van der Waals surface area (Å²) in [6, 6.07) is 21.5. The number of hydrogen-bond donors (Lipinski definition) is 2. The van der Waals surface area contributed by atoms with Crippen LogP contribution in [-0.2, 0) is 0 Å². The average molecular weight is 323 g/mol. The van der Waals surface area contributed by atoms with E-state index in [0.717, 1.165) is 25.7 Å². The van der Waals surface area contributed by atoms with Crippen molar-refractivity contribution in [2.24, 2.45) is 5.92 Å². The summed E-state index contributed by atoms with van der Waals surface area (Å²) >= 11 is 0. The Kier molecular flexibility index (Phi) is 5.37. The minimum absolute atomic E-state index is 0.187. The van der Waals surface area contributed by atoms with Gasteiger partial charge in [0, 0.05) is 18.0 Å². The summed E-state index contributed by atoms with van der Waals surface area (Å²) in [6.45, 7) is 4.37. The molecule has 24 heavy (non-hydrogen) atoms. The molecule has 1 fully saturated rings. The normalized spacial score (nSPS) is 30.2. The van der Waals surface area contributed by atoms with Gasteiger partial charge in [0.05, 0.1) is 5.60 Å². The summed E-state index contributed by atoms with van der Waals surface area (Å²) in [5.74, 6) is 0.236. The van der Waals surface area contributed by atoms with E-state index in [0.29, 0.717) is 0 Å². The highest BCUT2D eigenvalue weighted by Crippen LogP contribution is 2.46. The topological polar surface area (TPSA) is 32.3 Å². The molecule has 2 nitrogen and oxygen atoms in total. The molecule has 0 saturated carbocycles. The van der Waals surface area contributed by atoms with Gasteiger partial charge >= 0.3 is 0 Å². The standard InChI is InChI=1S/C22H29NO/c1-3-15-22(24)16-20(17-11-7-5-8-12-17)23-21(19(22)4-2)18-13-9-6-10-14-18/h5-14,19-21,23-24H,3-4,15-16H2,1-2H3. The molecule has 0 amide bonds. The zero-order valence-corrected chi connectivity index (χ0v) is 14.8. The number of rotatable bonds is 5. The SMILES string of the molecule is CCCC1(O)CC(c2ccccc2)NC(c2ccccc2)C1CC. The first-order valence-corrected chi connectivity index (χ1v) is 9.26. The van der Waals surface area contributed by atoms with Gasteiger partial charge in [0.25, 0.3) is 0 Å². The molecule has 0 aliphatic carbocycles. The number of benzene rings is 2. The van der Waals surface area contributed by atoms with Crippen LogP contribution >= 0.6 is 0 Å². The van der Waals surface area contributed by atoms with Crippen molar-refractivity contribution in [1.29, 1.82) is 0 Å². The fourth-order valence-electron chi connectivity index (χ4n) is 4.43. The van der Waals surface area contributed by atoms with Crippen molar-refractivity contribution in [3.05, 3.63) is 71.8 Å². The molecular weight excluding hydrogens is 294 g/mol. The largest absolute Gasteiger partial charge is 0.389 e. The Morgan fingerprint density at radius 2 is 1.54 bits per heavy atom. The van der Waals surface area contributed by atoms with Gasteiger partial charge in [-0.3, -0.25) is 0 Å². The predicted molar refractivity (Wildman–Crippen MR) is 99.8 cm³/mol. The van der Waals surface area contributed by atoms with Crippen molar-refractivity contribution in [3.8, 4) is 0 Å². The van der Waals surface area contributed by atoms with Crippen molar-refractivity contribution < 1.29 is 5.11 Å². The first-order chi connectivity index (χ1) is 11.7. The third kappa shape index (κ3) is 3.40. The summed E-state index contributed by atoms with van der Waals surface area (Å²) in [7, 11) is 0. The number of piperidine rings is 1. The lowest BCUT2D eigenvalue weighted by molar-refractivity contribution is -0.0827. The van der Waals surface area contributed by atoms with Gasteiger partial charge in [-0.25, -0.2) is 0 Å². The van der Waals surface area contributed by atoms with E-state index in [2.05, 4.69) is 73.8 Å². The Bertz CT molecular complexity index is 627. The lowest BCUT2D eigenvalue weighted by Crippen LogP contribution is -2.52. The molecule has 1 aliphatic heterocycles. The summed E-state index contributed by atoms with van der Waals surface area (Å²) in [6.07, 6.45) is 3.63. The molecule has 2 N–H and O–H groups in total. The Balaban J connectivity index is 1.98. The highest BCUT2D eigenvalue weighted by atomic mass is 16.3. The Hall–Kier alpha value is -1.64. The fraction of sp³-hybridized carbons (Fsp3) is 0.455. The number of nitrogens with one attached hydrogen (secondary N) is 1. The molecule has 0 spiro atoms. The van der Waals surface area contributed by atoms with E-state index < -0.39 is 5.60 Å². The molecule has 4 unspecified atom stereocenters. The second kappa shape index (κ2) is 7.50. The van der Waals surface area contributed by atoms with E-state index in [4.69, 9.17) is 0 Å². The van der Waals surface area contributed by atoms with E-state index in [-0.39, 0.29) is 18.0 Å². The Labute approximate surface area is 145 Å². The van der Waals surface area contributed by atoms with Crippen LogP contribution in [0.4, 0.5) is 0 Å². The van der Waals surface area contributed by atoms with Crippen LogP contribution in [0.2, 0.25) is 0 Å². The predicted octanol–water partition coefficient (Wildman–Crippen LogP) is 5.02. The molecule has 1 aliphatic rings. The van der Waals surface area contributed by atoms with E-state index in [1.165, 1.54) is 11.1 Å². The minimum Gasteiger partial charge on any atom is -0.389 e. The highest BCUT2D eigenvalue weighted by Gasteiger charge is 2.46. The third-order valence-corrected chi connectivity index (χ3v) is 5.51. The molecule has 2 heteroatoms. The lowest BCUT2D eigenvalue weighted by Gasteiger charge is -2.49. The highest BCUT2D eigenvalue weighted by molar-refractivity contribution is 5.26. The lowest BCUT2D eigenvalue weighted by atomic mass is 9.68. The maximum absolute atomic E-state index is 11.6. The van der Waals surface area contributed by atoms with Crippen LogP contribution in [0, 0.1) is 5.92 Å². The van der Waals surface area contributed by atoms with Gasteiger partial charge in [-0.05, 0) is 30.4 Å². The molecule has 0 radical (unpaired) electrons. The van der Waals surface area contributed by atoms with Gasteiger partial charge in [-0.2, -0.15) is 0 Å². The molecular formula is C22H29NO. The van der Waals surface area contributed by atoms with Gasteiger partial charge in [0.15, 0.2) is 0 Å². The third-order valence-electron chi connectivity index (χ3n) is 5.51. The molecule has 2 aromatic carbocycles. The molecule has 1 heterocycles. The van der Waals surface area contributed by atoms with E-state index in [1.54, 1.807) is 0 Å². The molecule has 0 bridgehead atoms. The van der Waals surface area contributed by atoms with Gasteiger partial charge in [0.2, 0.25) is 0 Å². The smallest absolute Gasteiger partial charge is 0.0711 e. The Morgan fingerprint density at radius 3 is 2.08 bits per heavy atom. The second-order valence-corrected chi connectivity index (χ2v) is 7.09. The van der Waals surface area contributed by atoms with Crippen molar-refractivity contribution in [1.82, 2.24) is 5.32 Å². The Morgan fingerprint density at radius 1 is 0.958 bits per heavy atom. The monoisotopic (exact) mass is 323 g/mol. The molecule has 2 aromatic rings. The van der Waals surface area contributed by atoms with Gasteiger partial charge < -0.3 is 10.4 Å². The van der Waals surface area contributed by atoms with Gasteiger partial charge in [-0.1, -0.05) is 80.9 Å². The van der Waals surface area contributed by atoms with Crippen LogP contribution in [0.25, 0.3) is 0 Å². The van der Waals surface area contributed by atoms with E-state index in [9.17, 15) is 5.11 Å². The minimum atomic E-state index is -0.615. The zero-order chi connectivity index (χ0) is 17.0. The van der Waals surface area contributed by atoms with Crippen molar-refractivity contribution in [2.75, 3.05) is 0 Å². The van der Waals surface area contributed by atoms with Crippen molar-refractivity contribution >= 4 is 0 Å². The van der Waals surface area contributed by atoms with E-state index >= 15 is 0 Å². The van der Waals surface area contributed by atoms with E-state index in [1.807, 2.05) is 6.07 Å². The molecule has 4 atom stereocenters. The van der Waals surface area contributed by atoms with Crippen LogP contribution in [0.15, 0.2) is 60.7 Å². The van der Waals surface area contributed by atoms with Crippen LogP contribution in [0.3, 0.4) is 0 Å². The quantitative estimate of drug-likeness (QED) is 0.810. The van der Waals surface area contributed by atoms with Crippen LogP contribution < -0.4 is 5.32 Å². The average Bonchev–Trinajstić information content (AvgIpc) is 2.62. The zero-order valence-electron chi connectivity index (χ0n) is 14.8. The summed E-state index contributed by atoms with van der Waals surface area (Å²) in [5.41, 5.74) is 1.93. The first kappa shape index (κ1) is 17.2. The fourth-order valence-corrected chi connectivity index (χ4v) is 4.43. The molecule has 0 aromatic heterocycles. The molecule has 128 valence electrons. The summed E-state index contributed by atoms with van der Waals surface area (Å²) < 4.78 is 0. The van der Waals surface area contributed by atoms with Crippen LogP contribution in [-0.4, -0.2) is 10.7 Å². The van der Waals surface area contributed by atoms with Crippen molar-refractivity contribution in [3.63, 3.8) is 0 Å². The number of aliphatic hydroxyl groups is 1. The van der Waals surface area contributed by atoms with Crippen molar-refractivity contribution in [2.45, 2.75) is 57.2 Å². The maximum atomic E-state index is 11.6.